The first-order valence-corrected chi connectivity index (χ1v) is 8.23. The molecule has 18 heavy (non-hydrogen) atoms. The molecule has 1 aromatic carbocycles. The van der Waals surface area contributed by atoms with Gasteiger partial charge >= 0.3 is 0 Å². The van der Waals surface area contributed by atoms with E-state index in [1.54, 1.807) is 6.26 Å². The zero-order chi connectivity index (χ0) is 13.0. The van der Waals surface area contributed by atoms with Crippen molar-refractivity contribution < 1.29 is 4.42 Å². The Hall–Kier alpha value is -0.250. The molecule has 0 fully saturated rings. The van der Waals surface area contributed by atoms with Gasteiger partial charge in [0.05, 0.1) is 6.26 Å². The fourth-order valence-electron chi connectivity index (χ4n) is 2.01. The van der Waals surface area contributed by atoms with Crippen molar-refractivity contribution in [2.24, 2.45) is 0 Å². The van der Waals surface area contributed by atoms with Gasteiger partial charge in [-0.05, 0) is 23.8 Å². The van der Waals surface area contributed by atoms with E-state index in [1.807, 2.05) is 30.3 Å². The number of furan rings is 1. The Labute approximate surface area is 129 Å². The molecule has 0 aliphatic heterocycles. The van der Waals surface area contributed by atoms with Crippen LogP contribution in [0.1, 0.15) is 11.3 Å². The minimum absolute atomic E-state index is 0.101. The third kappa shape index (κ3) is 2.84. The van der Waals surface area contributed by atoms with Crippen LogP contribution in [-0.4, -0.2) is 10.7 Å². The Kier molecular flexibility index (Phi) is 4.93. The first-order chi connectivity index (χ1) is 8.72. The van der Waals surface area contributed by atoms with Crippen LogP contribution >= 0.6 is 43.5 Å². The average molecular weight is 393 g/mol. The average Bonchev–Trinajstić information content (AvgIpc) is 2.90. The van der Waals surface area contributed by atoms with Gasteiger partial charge in [-0.1, -0.05) is 61.7 Å². The third-order valence-electron chi connectivity index (χ3n) is 3.05. The van der Waals surface area contributed by atoms with Gasteiger partial charge in [-0.15, -0.1) is 0 Å². The third-order valence-corrected chi connectivity index (χ3v) is 5.53. The number of hydrogen-bond acceptors (Lipinski definition) is 1. The minimum Gasteiger partial charge on any atom is -0.469 e. The van der Waals surface area contributed by atoms with Gasteiger partial charge in [-0.2, -0.15) is 0 Å². The standard InChI is InChI=1S/C14H13Br2ClO/c15-9-14(10-16,8-11-4-3-7-18-11)12-5-1-2-6-13(12)17/h1-7H,8-10H2. The number of hydrogen-bond donors (Lipinski definition) is 0. The van der Waals surface area contributed by atoms with Crippen molar-refractivity contribution in [2.45, 2.75) is 11.8 Å². The molecule has 4 heteroatoms. The highest BCUT2D eigenvalue weighted by molar-refractivity contribution is 9.09. The number of benzene rings is 1. The lowest BCUT2D eigenvalue weighted by Gasteiger charge is -2.30. The van der Waals surface area contributed by atoms with E-state index >= 15 is 0 Å². The van der Waals surface area contributed by atoms with Crippen LogP contribution in [0.4, 0.5) is 0 Å². The van der Waals surface area contributed by atoms with Gasteiger partial charge in [0.15, 0.2) is 0 Å². The Balaban J connectivity index is 2.40. The van der Waals surface area contributed by atoms with Crippen LogP contribution in [0.15, 0.2) is 47.1 Å². The van der Waals surface area contributed by atoms with E-state index in [9.17, 15) is 0 Å². The summed E-state index contributed by atoms with van der Waals surface area (Å²) in [5, 5.41) is 2.42. The number of alkyl halides is 2. The predicted octanol–water partition coefficient (Wildman–Crippen LogP) is 5.20. The maximum absolute atomic E-state index is 6.33. The van der Waals surface area contributed by atoms with E-state index in [1.165, 1.54) is 0 Å². The van der Waals surface area contributed by atoms with Crippen molar-refractivity contribution >= 4 is 43.5 Å². The van der Waals surface area contributed by atoms with Gasteiger partial charge in [0, 0.05) is 27.5 Å². The van der Waals surface area contributed by atoms with Crippen LogP contribution in [0.25, 0.3) is 0 Å². The zero-order valence-electron chi connectivity index (χ0n) is 9.70. The summed E-state index contributed by atoms with van der Waals surface area (Å²) in [7, 11) is 0. The van der Waals surface area contributed by atoms with Crippen LogP contribution in [0.3, 0.4) is 0 Å². The van der Waals surface area contributed by atoms with E-state index in [0.717, 1.165) is 33.4 Å². The molecule has 1 heterocycles. The molecular weight excluding hydrogens is 379 g/mol. The molecule has 2 aromatic rings. The highest BCUT2D eigenvalue weighted by Gasteiger charge is 2.33. The normalized spacial score (nSPS) is 11.7. The molecule has 1 nitrogen and oxygen atoms in total. The van der Waals surface area contributed by atoms with Crippen LogP contribution in [0.2, 0.25) is 5.02 Å². The monoisotopic (exact) mass is 390 g/mol. The Morgan fingerprint density at radius 3 is 2.33 bits per heavy atom. The molecule has 0 bridgehead atoms. The van der Waals surface area contributed by atoms with Crippen LogP contribution in [-0.2, 0) is 11.8 Å². The lowest BCUT2D eigenvalue weighted by atomic mass is 9.80. The molecule has 0 radical (unpaired) electrons. The maximum Gasteiger partial charge on any atom is 0.104 e. The van der Waals surface area contributed by atoms with Gasteiger partial charge in [0.25, 0.3) is 0 Å². The molecule has 1 aromatic heterocycles. The van der Waals surface area contributed by atoms with E-state index in [2.05, 4.69) is 37.9 Å². The molecule has 2 rings (SSSR count). The van der Waals surface area contributed by atoms with Gasteiger partial charge in [-0.25, -0.2) is 0 Å². The molecule has 0 amide bonds. The Morgan fingerprint density at radius 2 is 1.78 bits per heavy atom. The Bertz CT molecular complexity index is 492. The van der Waals surface area contributed by atoms with Crippen molar-refractivity contribution in [1.29, 1.82) is 0 Å². The van der Waals surface area contributed by atoms with Crippen LogP contribution in [0.5, 0.6) is 0 Å². The first kappa shape index (κ1) is 14.2. The largest absolute Gasteiger partial charge is 0.469 e. The first-order valence-electron chi connectivity index (χ1n) is 5.61. The summed E-state index contributed by atoms with van der Waals surface area (Å²) in [6, 6.07) is 11.9. The molecule has 0 unspecified atom stereocenters. The second-order valence-corrected chi connectivity index (χ2v) is 5.81. The van der Waals surface area contributed by atoms with Crippen molar-refractivity contribution in [3.05, 3.63) is 59.0 Å². The minimum atomic E-state index is -0.101. The molecular formula is C14H13Br2ClO. The summed E-state index contributed by atoms with van der Waals surface area (Å²) in [4.78, 5) is 0. The zero-order valence-corrected chi connectivity index (χ0v) is 13.6. The highest BCUT2D eigenvalue weighted by atomic mass is 79.9. The molecule has 0 aliphatic rings. The molecule has 0 aliphatic carbocycles. The summed E-state index contributed by atoms with van der Waals surface area (Å²) in [5.74, 6) is 0.966. The fraction of sp³-hybridized carbons (Fsp3) is 0.286. The molecule has 0 saturated heterocycles. The topological polar surface area (TPSA) is 13.1 Å². The number of halogens is 3. The quantitative estimate of drug-likeness (QED) is 0.637. The van der Waals surface area contributed by atoms with E-state index in [-0.39, 0.29) is 5.41 Å². The summed E-state index contributed by atoms with van der Waals surface area (Å²) in [5.41, 5.74) is 1.03. The van der Waals surface area contributed by atoms with E-state index < -0.39 is 0 Å². The van der Waals surface area contributed by atoms with Crippen molar-refractivity contribution in [1.82, 2.24) is 0 Å². The van der Waals surface area contributed by atoms with Gasteiger partial charge in [-0.3, -0.25) is 0 Å². The SMILES string of the molecule is Clc1ccccc1C(CBr)(CBr)Cc1ccco1. The molecule has 0 atom stereocenters. The summed E-state index contributed by atoms with van der Waals surface area (Å²) >= 11 is 13.6. The van der Waals surface area contributed by atoms with E-state index in [4.69, 9.17) is 16.0 Å². The van der Waals surface area contributed by atoms with Crippen molar-refractivity contribution in [2.75, 3.05) is 10.7 Å². The molecule has 96 valence electrons. The summed E-state index contributed by atoms with van der Waals surface area (Å²) in [6.45, 7) is 0. The second-order valence-electron chi connectivity index (χ2n) is 4.28. The van der Waals surface area contributed by atoms with Gasteiger partial charge in [0.1, 0.15) is 5.76 Å². The highest BCUT2D eigenvalue weighted by Crippen LogP contribution is 2.36. The number of rotatable bonds is 5. The van der Waals surface area contributed by atoms with Gasteiger partial charge < -0.3 is 4.42 Å². The van der Waals surface area contributed by atoms with Crippen molar-refractivity contribution in [3.63, 3.8) is 0 Å². The predicted molar refractivity (Wildman–Crippen MR) is 83.1 cm³/mol. The maximum atomic E-state index is 6.33. The second kappa shape index (κ2) is 6.27. The molecule has 0 spiro atoms. The van der Waals surface area contributed by atoms with Crippen molar-refractivity contribution in [3.8, 4) is 0 Å². The molecule has 0 saturated carbocycles. The summed E-state index contributed by atoms with van der Waals surface area (Å²) in [6.07, 6.45) is 2.51. The fourth-order valence-corrected chi connectivity index (χ4v) is 4.27. The molecule has 0 N–H and O–H groups in total. The lowest BCUT2D eigenvalue weighted by Crippen LogP contribution is -2.33. The smallest absolute Gasteiger partial charge is 0.104 e. The Morgan fingerprint density at radius 1 is 1.06 bits per heavy atom. The van der Waals surface area contributed by atoms with E-state index in [0.29, 0.717) is 0 Å². The van der Waals surface area contributed by atoms with Crippen LogP contribution in [0, 0.1) is 0 Å². The summed E-state index contributed by atoms with van der Waals surface area (Å²) < 4.78 is 5.47. The lowest BCUT2D eigenvalue weighted by molar-refractivity contribution is 0.443. The van der Waals surface area contributed by atoms with Crippen LogP contribution < -0.4 is 0 Å². The van der Waals surface area contributed by atoms with Gasteiger partial charge in [0.2, 0.25) is 0 Å².